The lowest BCUT2D eigenvalue weighted by Gasteiger charge is -2.24. The van der Waals surface area contributed by atoms with E-state index in [0.717, 1.165) is 6.26 Å². The van der Waals surface area contributed by atoms with Gasteiger partial charge >= 0.3 is 6.09 Å². The number of imide groups is 1. The Morgan fingerprint density at radius 2 is 1.74 bits per heavy atom. The number of rotatable bonds is 4. The molecule has 0 aromatic carbocycles. The Morgan fingerprint density at radius 3 is 2.05 bits per heavy atom. The molecule has 19 heavy (non-hydrogen) atoms. The summed E-state index contributed by atoms with van der Waals surface area (Å²) in [7, 11) is -0.219. The summed E-state index contributed by atoms with van der Waals surface area (Å²) in [6, 6.07) is -0.942. The van der Waals surface area contributed by atoms with Crippen LogP contribution in [0, 0.1) is 0 Å². The van der Waals surface area contributed by atoms with E-state index in [1.54, 1.807) is 34.9 Å². The van der Waals surface area contributed by atoms with Crippen LogP contribution in [0.3, 0.4) is 0 Å². The van der Waals surface area contributed by atoms with Gasteiger partial charge in [-0.2, -0.15) is 0 Å². The molecule has 0 saturated heterocycles. The van der Waals surface area contributed by atoms with Crippen LogP contribution >= 0.6 is 0 Å². The molecule has 0 aliphatic rings. The molecule has 0 aliphatic carbocycles. The van der Waals surface area contributed by atoms with Gasteiger partial charge < -0.3 is 4.74 Å². The highest BCUT2D eigenvalue weighted by molar-refractivity contribution is 7.90. The first-order valence-corrected chi connectivity index (χ1v) is 7.76. The SMILES string of the molecule is CN(C)[C@@H](CS(C)(=O)=O)C(=O)NC(=O)OC(C)(C)C. The minimum Gasteiger partial charge on any atom is -0.444 e. The molecule has 0 spiro atoms. The van der Waals surface area contributed by atoms with Gasteiger partial charge in [0.25, 0.3) is 0 Å². The molecule has 0 aliphatic heterocycles. The number of amides is 2. The van der Waals surface area contributed by atoms with Crippen LogP contribution in [0.2, 0.25) is 0 Å². The average molecular weight is 294 g/mol. The topological polar surface area (TPSA) is 92.8 Å². The second kappa shape index (κ2) is 6.33. The number of sulfone groups is 1. The van der Waals surface area contributed by atoms with Crippen molar-refractivity contribution in [2.45, 2.75) is 32.4 Å². The zero-order valence-corrected chi connectivity index (χ0v) is 13.0. The molecule has 0 aromatic rings. The van der Waals surface area contributed by atoms with E-state index >= 15 is 0 Å². The van der Waals surface area contributed by atoms with Gasteiger partial charge in [0.05, 0.1) is 5.75 Å². The Bertz CT molecular complexity index is 436. The number of hydrogen-bond acceptors (Lipinski definition) is 6. The maximum Gasteiger partial charge on any atom is 0.414 e. The van der Waals surface area contributed by atoms with Crippen molar-refractivity contribution in [3.8, 4) is 0 Å². The third kappa shape index (κ3) is 8.55. The molecule has 0 radical (unpaired) electrons. The van der Waals surface area contributed by atoms with Crippen molar-refractivity contribution >= 4 is 21.8 Å². The number of nitrogens with one attached hydrogen (secondary N) is 1. The second-order valence-corrected chi connectivity index (χ2v) is 7.75. The molecule has 8 heteroatoms. The van der Waals surface area contributed by atoms with Crippen molar-refractivity contribution in [2.75, 3.05) is 26.1 Å². The van der Waals surface area contributed by atoms with Crippen LogP contribution in [0.1, 0.15) is 20.8 Å². The molecule has 0 heterocycles. The van der Waals surface area contributed by atoms with Crippen molar-refractivity contribution in [1.82, 2.24) is 10.2 Å². The summed E-state index contributed by atoms with van der Waals surface area (Å²) < 4.78 is 27.4. The van der Waals surface area contributed by atoms with Gasteiger partial charge in [0, 0.05) is 6.26 Å². The van der Waals surface area contributed by atoms with Crippen LogP contribution in [0.5, 0.6) is 0 Å². The molecule has 0 rings (SSSR count). The fourth-order valence-corrected chi connectivity index (χ4v) is 2.26. The number of ether oxygens (including phenoxy) is 1. The molecule has 1 N–H and O–H groups in total. The highest BCUT2D eigenvalue weighted by Crippen LogP contribution is 2.07. The zero-order chi connectivity index (χ0) is 15.4. The molecule has 112 valence electrons. The largest absolute Gasteiger partial charge is 0.444 e. The maximum absolute atomic E-state index is 11.8. The minimum absolute atomic E-state index is 0.366. The molecule has 0 fully saturated rings. The summed E-state index contributed by atoms with van der Waals surface area (Å²) in [5.74, 6) is -1.07. The number of carbonyl (C=O) groups is 2. The van der Waals surface area contributed by atoms with Crippen LogP contribution in [0.4, 0.5) is 4.79 Å². The van der Waals surface area contributed by atoms with E-state index in [-0.39, 0.29) is 5.75 Å². The lowest BCUT2D eigenvalue weighted by molar-refractivity contribution is -0.124. The molecule has 0 bridgehead atoms. The summed E-state index contributed by atoms with van der Waals surface area (Å²) in [4.78, 5) is 24.7. The highest BCUT2D eigenvalue weighted by Gasteiger charge is 2.28. The summed E-state index contributed by atoms with van der Waals surface area (Å²) in [5, 5.41) is 2.03. The number of carbonyl (C=O) groups excluding carboxylic acids is 2. The van der Waals surface area contributed by atoms with Crippen molar-refractivity contribution in [3.63, 3.8) is 0 Å². The number of nitrogens with zero attached hydrogens (tertiary/aromatic N) is 1. The summed E-state index contributed by atoms with van der Waals surface area (Å²) in [6.07, 6.45) is 0.141. The fourth-order valence-electron chi connectivity index (χ4n) is 1.23. The quantitative estimate of drug-likeness (QED) is 0.785. The first-order chi connectivity index (χ1) is 8.32. The predicted octanol–water partition coefficient (Wildman–Crippen LogP) is 0.0125. The molecule has 0 unspecified atom stereocenters. The second-order valence-electron chi connectivity index (χ2n) is 5.56. The zero-order valence-electron chi connectivity index (χ0n) is 12.2. The summed E-state index contributed by atoms with van der Waals surface area (Å²) >= 11 is 0. The third-order valence-electron chi connectivity index (χ3n) is 2.01. The van der Waals surface area contributed by atoms with Gasteiger partial charge in [-0.1, -0.05) is 0 Å². The van der Waals surface area contributed by atoms with Crippen LogP contribution in [0.15, 0.2) is 0 Å². The highest BCUT2D eigenvalue weighted by atomic mass is 32.2. The van der Waals surface area contributed by atoms with Crippen LogP contribution < -0.4 is 5.32 Å². The molecule has 2 amide bonds. The van der Waals surface area contributed by atoms with Crippen LogP contribution in [-0.2, 0) is 19.4 Å². The Balaban J connectivity index is 4.72. The van der Waals surface area contributed by atoms with Gasteiger partial charge in [-0.3, -0.25) is 15.0 Å². The summed E-state index contributed by atoms with van der Waals surface area (Å²) in [6.45, 7) is 4.99. The van der Waals surface area contributed by atoms with E-state index in [2.05, 4.69) is 0 Å². The van der Waals surface area contributed by atoms with E-state index in [1.165, 1.54) is 4.90 Å². The van der Waals surface area contributed by atoms with Crippen LogP contribution in [-0.4, -0.2) is 63.1 Å². The number of alkyl carbamates (subject to hydrolysis) is 1. The first kappa shape index (κ1) is 17.8. The van der Waals surface area contributed by atoms with Gasteiger partial charge in [0.2, 0.25) is 5.91 Å². The summed E-state index contributed by atoms with van der Waals surface area (Å²) in [5.41, 5.74) is -0.727. The minimum atomic E-state index is -3.34. The van der Waals surface area contributed by atoms with E-state index in [9.17, 15) is 18.0 Å². The van der Waals surface area contributed by atoms with E-state index in [0.29, 0.717) is 0 Å². The number of likely N-dealkylation sites (N-methyl/N-ethyl adjacent to an activating group) is 1. The first-order valence-electron chi connectivity index (χ1n) is 5.70. The monoisotopic (exact) mass is 294 g/mol. The van der Waals surface area contributed by atoms with Gasteiger partial charge in [0.1, 0.15) is 21.5 Å². The Morgan fingerprint density at radius 1 is 1.26 bits per heavy atom. The molecule has 7 nitrogen and oxygen atoms in total. The number of hydrogen-bond donors (Lipinski definition) is 1. The maximum atomic E-state index is 11.8. The lowest BCUT2D eigenvalue weighted by atomic mass is 10.2. The predicted molar refractivity (Wildman–Crippen MR) is 71.6 cm³/mol. The van der Waals surface area contributed by atoms with E-state index < -0.39 is 33.5 Å². The molecular weight excluding hydrogens is 272 g/mol. The smallest absolute Gasteiger partial charge is 0.414 e. The fraction of sp³-hybridized carbons (Fsp3) is 0.818. The van der Waals surface area contributed by atoms with E-state index in [4.69, 9.17) is 4.74 Å². The van der Waals surface area contributed by atoms with Crippen LogP contribution in [0.25, 0.3) is 0 Å². The van der Waals surface area contributed by atoms with Gasteiger partial charge in [-0.25, -0.2) is 13.2 Å². The van der Waals surface area contributed by atoms with Gasteiger partial charge in [-0.05, 0) is 34.9 Å². The lowest BCUT2D eigenvalue weighted by Crippen LogP contribution is -2.50. The molecule has 1 atom stereocenters. The molecule has 0 saturated carbocycles. The average Bonchev–Trinajstić information content (AvgIpc) is 2.08. The molecule has 0 aromatic heterocycles. The van der Waals surface area contributed by atoms with Gasteiger partial charge in [-0.15, -0.1) is 0 Å². The Kier molecular flexibility index (Phi) is 5.95. The van der Waals surface area contributed by atoms with E-state index in [1.807, 2.05) is 5.32 Å². The Labute approximate surface area is 114 Å². The van der Waals surface area contributed by atoms with Crippen molar-refractivity contribution in [1.29, 1.82) is 0 Å². The van der Waals surface area contributed by atoms with Gasteiger partial charge in [0.15, 0.2) is 0 Å². The van der Waals surface area contributed by atoms with Crippen molar-refractivity contribution in [2.24, 2.45) is 0 Å². The normalized spacial score (nSPS) is 14.1. The third-order valence-corrected chi connectivity index (χ3v) is 2.93. The van der Waals surface area contributed by atoms with Crippen molar-refractivity contribution < 1.29 is 22.7 Å². The standard InChI is InChI=1S/C11H22N2O5S/c1-11(2,3)18-10(15)12-9(14)8(13(4)5)7-19(6,16)17/h8H,7H2,1-6H3,(H,12,14,15)/t8-/m0/s1. The van der Waals surface area contributed by atoms with Crippen molar-refractivity contribution in [3.05, 3.63) is 0 Å². The molecular formula is C11H22N2O5S. The Hall–Kier alpha value is -1.15.